The van der Waals surface area contributed by atoms with E-state index in [1.807, 2.05) is 24.3 Å². The molecule has 2 saturated carbocycles. The van der Waals surface area contributed by atoms with Crippen molar-refractivity contribution in [3.8, 4) is 11.5 Å². The Kier molecular flexibility index (Phi) is 5.48. The number of nitrogens with zero attached hydrogens (tertiary/aromatic N) is 2. The summed E-state index contributed by atoms with van der Waals surface area (Å²) in [5.74, 6) is 3.20. The first-order valence-electron chi connectivity index (χ1n) is 12.4. The Morgan fingerprint density at radius 2 is 1.91 bits per heavy atom. The Labute approximate surface area is 200 Å². The number of pyridine rings is 1. The van der Waals surface area contributed by atoms with E-state index in [1.165, 1.54) is 19.3 Å². The van der Waals surface area contributed by atoms with Crippen LogP contribution >= 0.6 is 0 Å². The second-order valence-electron chi connectivity index (χ2n) is 9.85. The number of carbonyl (C=O) groups excluding carboxylic acids is 1. The molecule has 34 heavy (non-hydrogen) atoms. The van der Waals surface area contributed by atoms with Crippen LogP contribution in [0.25, 0.3) is 10.9 Å². The molecule has 1 aromatic heterocycles. The number of hydrogen-bond acceptors (Lipinski definition) is 5. The summed E-state index contributed by atoms with van der Waals surface area (Å²) in [5, 5.41) is 1.12. The van der Waals surface area contributed by atoms with Gasteiger partial charge in [0.25, 0.3) is 0 Å². The third-order valence-corrected chi connectivity index (χ3v) is 7.69. The SMILES string of the molecule is COc1ccc(N(Cc2ccc3ccccc3n2)C2=CC(=O)CC2)cc1OC1CC2CCC1C2. The highest BCUT2D eigenvalue weighted by atomic mass is 16.5. The maximum Gasteiger partial charge on any atom is 0.163 e. The predicted octanol–water partition coefficient (Wildman–Crippen LogP) is 6.06. The van der Waals surface area contributed by atoms with Gasteiger partial charge in [0.1, 0.15) is 6.10 Å². The number of fused-ring (bicyclic) bond motifs is 3. The summed E-state index contributed by atoms with van der Waals surface area (Å²) in [6.45, 7) is 0.587. The van der Waals surface area contributed by atoms with Gasteiger partial charge in [-0.15, -0.1) is 0 Å². The molecular formula is C29H30N2O3. The van der Waals surface area contributed by atoms with Crippen molar-refractivity contribution in [3.63, 3.8) is 0 Å². The van der Waals surface area contributed by atoms with Gasteiger partial charge >= 0.3 is 0 Å². The zero-order chi connectivity index (χ0) is 23.1. The molecule has 5 nitrogen and oxygen atoms in total. The van der Waals surface area contributed by atoms with Crippen LogP contribution in [-0.4, -0.2) is 24.0 Å². The van der Waals surface area contributed by atoms with Gasteiger partial charge in [0, 0.05) is 35.3 Å². The molecule has 0 N–H and O–H groups in total. The van der Waals surface area contributed by atoms with Crippen molar-refractivity contribution in [3.05, 3.63) is 72.1 Å². The van der Waals surface area contributed by atoms with Crippen molar-refractivity contribution < 1.29 is 14.3 Å². The zero-order valence-electron chi connectivity index (χ0n) is 19.6. The molecular weight excluding hydrogens is 424 g/mol. The fourth-order valence-corrected chi connectivity index (χ4v) is 5.93. The fourth-order valence-electron chi connectivity index (χ4n) is 5.93. The molecule has 0 saturated heterocycles. The predicted molar refractivity (Wildman–Crippen MR) is 133 cm³/mol. The second-order valence-corrected chi connectivity index (χ2v) is 9.85. The highest BCUT2D eigenvalue weighted by molar-refractivity contribution is 5.93. The van der Waals surface area contributed by atoms with Gasteiger partial charge in [0.05, 0.1) is 24.9 Å². The number of ether oxygens (including phenoxy) is 2. The van der Waals surface area contributed by atoms with E-state index in [2.05, 4.69) is 35.2 Å². The summed E-state index contributed by atoms with van der Waals surface area (Å²) < 4.78 is 12.2. The van der Waals surface area contributed by atoms with Gasteiger partial charge in [-0.3, -0.25) is 9.78 Å². The lowest BCUT2D eigenvalue weighted by Crippen LogP contribution is -2.24. The molecule has 0 aliphatic heterocycles. The Morgan fingerprint density at radius 1 is 1.00 bits per heavy atom. The highest BCUT2D eigenvalue weighted by Gasteiger charge is 2.41. The molecule has 174 valence electrons. The van der Waals surface area contributed by atoms with Crippen LogP contribution in [0.5, 0.6) is 11.5 Å². The minimum Gasteiger partial charge on any atom is -0.493 e. The standard InChI is InChI=1S/C29H30N2O3/c1-33-27-13-11-24(17-29(27)34-28-15-19-6-7-21(28)14-19)31(23-10-12-25(32)16-23)18-22-9-8-20-4-2-3-5-26(20)30-22/h2-5,8-9,11,13,16-17,19,21,28H,6-7,10,12,14-15,18H2,1H3. The molecule has 3 aromatic rings. The number of hydrogen-bond donors (Lipinski definition) is 0. The summed E-state index contributed by atoms with van der Waals surface area (Å²) in [6.07, 6.45) is 8.39. The average molecular weight is 455 g/mol. The Morgan fingerprint density at radius 3 is 2.68 bits per heavy atom. The lowest BCUT2D eigenvalue weighted by Gasteiger charge is -2.28. The van der Waals surface area contributed by atoms with Gasteiger partial charge in [0.2, 0.25) is 0 Å². The number of allylic oxidation sites excluding steroid dienone is 2. The summed E-state index contributed by atoms with van der Waals surface area (Å²) in [4.78, 5) is 19.2. The molecule has 3 atom stereocenters. The number of carbonyl (C=O) groups is 1. The van der Waals surface area contributed by atoms with Gasteiger partial charge in [-0.2, -0.15) is 0 Å². The fraction of sp³-hybridized carbons (Fsp3) is 0.379. The van der Waals surface area contributed by atoms with Crippen molar-refractivity contribution >= 4 is 22.4 Å². The maximum atomic E-state index is 12.1. The van der Waals surface area contributed by atoms with Crippen molar-refractivity contribution in [1.29, 1.82) is 0 Å². The topological polar surface area (TPSA) is 51.7 Å². The summed E-state index contributed by atoms with van der Waals surface area (Å²) in [5.41, 5.74) is 3.96. The van der Waals surface area contributed by atoms with Gasteiger partial charge in [-0.1, -0.05) is 24.3 Å². The monoisotopic (exact) mass is 454 g/mol. The summed E-state index contributed by atoms with van der Waals surface area (Å²) >= 11 is 0. The van der Waals surface area contributed by atoms with Crippen LogP contribution in [0.1, 0.15) is 44.2 Å². The number of para-hydroxylation sites is 1. The van der Waals surface area contributed by atoms with Crippen LogP contribution in [-0.2, 0) is 11.3 Å². The Bertz CT molecular complexity index is 1270. The lowest BCUT2D eigenvalue weighted by atomic mass is 9.98. The Hall–Kier alpha value is -3.34. The van der Waals surface area contributed by atoms with Crippen LogP contribution in [0.3, 0.4) is 0 Å². The molecule has 6 rings (SSSR count). The van der Waals surface area contributed by atoms with Gasteiger partial charge in [-0.25, -0.2) is 0 Å². The summed E-state index contributed by atoms with van der Waals surface area (Å²) in [7, 11) is 1.69. The second kappa shape index (κ2) is 8.79. The van der Waals surface area contributed by atoms with Gasteiger partial charge < -0.3 is 14.4 Å². The van der Waals surface area contributed by atoms with E-state index in [1.54, 1.807) is 13.2 Å². The van der Waals surface area contributed by atoms with Crippen LogP contribution in [0.4, 0.5) is 5.69 Å². The molecule has 3 aliphatic rings. The van der Waals surface area contributed by atoms with Crippen molar-refractivity contribution in [1.82, 2.24) is 4.98 Å². The molecule has 0 spiro atoms. The van der Waals surface area contributed by atoms with Crippen molar-refractivity contribution in [2.45, 2.75) is 51.2 Å². The lowest BCUT2D eigenvalue weighted by molar-refractivity contribution is -0.114. The molecule has 1 heterocycles. The molecule has 2 bridgehead atoms. The highest BCUT2D eigenvalue weighted by Crippen LogP contribution is 2.47. The molecule has 5 heteroatoms. The first kappa shape index (κ1) is 21.2. The molecule has 2 fully saturated rings. The minimum atomic E-state index is 0.179. The largest absolute Gasteiger partial charge is 0.493 e. The van der Waals surface area contributed by atoms with E-state index in [-0.39, 0.29) is 11.9 Å². The molecule has 2 aromatic carbocycles. The van der Waals surface area contributed by atoms with Crippen LogP contribution in [0.2, 0.25) is 0 Å². The number of anilines is 1. The van der Waals surface area contributed by atoms with E-state index in [4.69, 9.17) is 14.5 Å². The number of aromatic nitrogens is 1. The van der Waals surface area contributed by atoms with Crippen molar-refractivity contribution in [2.75, 3.05) is 12.0 Å². The van der Waals surface area contributed by atoms with E-state index >= 15 is 0 Å². The van der Waals surface area contributed by atoms with Gasteiger partial charge in [0.15, 0.2) is 17.3 Å². The van der Waals surface area contributed by atoms with E-state index in [0.717, 1.165) is 58.2 Å². The molecule has 3 unspecified atom stereocenters. The van der Waals surface area contributed by atoms with E-state index < -0.39 is 0 Å². The van der Waals surface area contributed by atoms with Crippen LogP contribution < -0.4 is 14.4 Å². The number of rotatable bonds is 7. The zero-order valence-corrected chi connectivity index (χ0v) is 19.6. The molecule has 3 aliphatic carbocycles. The third-order valence-electron chi connectivity index (χ3n) is 7.69. The normalized spacial score (nSPS) is 23.4. The Balaban J connectivity index is 1.33. The summed E-state index contributed by atoms with van der Waals surface area (Å²) in [6, 6.07) is 18.5. The van der Waals surface area contributed by atoms with Crippen LogP contribution in [0, 0.1) is 11.8 Å². The van der Waals surface area contributed by atoms with Crippen molar-refractivity contribution in [2.24, 2.45) is 11.8 Å². The number of methoxy groups -OCH3 is 1. The molecule has 0 amide bonds. The maximum absolute atomic E-state index is 12.1. The number of benzene rings is 2. The third kappa shape index (κ3) is 4.04. The van der Waals surface area contributed by atoms with E-state index in [0.29, 0.717) is 18.9 Å². The van der Waals surface area contributed by atoms with E-state index in [9.17, 15) is 4.79 Å². The average Bonchev–Trinajstić information content (AvgIpc) is 3.60. The van der Waals surface area contributed by atoms with Gasteiger partial charge in [-0.05, 0) is 68.2 Å². The first-order valence-corrected chi connectivity index (χ1v) is 12.4. The first-order chi connectivity index (χ1) is 16.7. The van der Waals surface area contributed by atoms with Crippen LogP contribution in [0.15, 0.2) is 66.4 Å². The smallest absolute Gasteiger partial charge is 0.163 e. The minimum absolute atomic E-state index is 0.179. The molecule has 0 radical (unpaired) electrons. The quantitative estimate of drug-likeness (QED) is 0.434. The number of ketones is 1.